The fraction of sp³-hybridized carbons (Fsp3) is 0.667. The maximum atomic E-state index is 12.4. The number of nitrogens with zero attached hydrogens (tertiary/aromatic N) is 4. The molecule has 0 amide bonds. The molecule has 0 bridgehead atoms. The van der Waals surface area contributed by atoms with Gasteiger partial charge in [-0.15, -0.1) is 10.2 Å². The van der Waals surface area contributed by atoms with Crippen LogP contribution in [0.2, 0.25) is 0 Å². The van der Waals surface area contributed by atoms with E-state index in [2.05, 4.69) is 15.1 Å². The van der Waals surface area contributed by atoms with Crippen molar-refractivity contribution in [2.24, 2.45) is 5.73 Å². The van der Waals surface area contributed by atoms with Gasteiger partial charge in [-0.05, 0) is 31.6 Å². The Hall–Kier alpha value is -1.41. The second kappa shape index (κ2) is 6.36. The van der Waals surface area contributed by atoms with Crippen molar-refractivity contribution in [2.75, 3.05) is 44.2 Å². The van der Waals surface area contributed by atoms with Gasteiger partial charge in [-0.3, -0.25) is 4.90 Å². The summed E-state index contributed by atoms with van der Waals surface area (Å²) in [5, 5.41) is 6.92. The number of rotatable bonds is 4. The molecule has 1 aliphatic rings. The van der Waals surface area contributed by atoms with E-state index >= 15 is 0 Å². The highest BCUT2D eigenvalue weighted by Crippen LogP contribution is 2.27. The fourth-order valence-electron chi connectivity index (χ4n) is 2.16. The first-order valence-electron chi connectivity index (χ1n) is 6.59. The van der Waals surface area contributed by atoms with Gasteiger partial charge < -0.3 is 10.6 Å². The van der Waals surface area contributed by atoms with Gasteiger partial charge in [-0.1, -0.05) is 0 Å². The number of nitrogens with two attached hydrogens (primary N) is 1. The largest absolute Gasteiger partial charge is 0.435 e. The van der Waals surface area contributed by atoms with Crippen LogP contribution in [0.15, 0.2) is 12.1 Å². The number of anilines is 1. The lowest BCUT2D eigenvalue weighted by molar-refractivity contribution is -0.141. The van der Waals surface area contributed by atoms with Crippen molar-refractivity contribution in [3.8, 4) is 0 Å². The van der Waals surface area contributed by atoms with E-state index in [-0.39, 0.29) is 0 Å². The average molecular weight is 289 g/mol. The summed E-state index contributed by atoms with van der Waals surface area (Å²) in [5.41, 5.74) is 4.51. The van der Waals surface area contributed by atoms with Crippen molar-refractivity contribution >= 4 is 5.82 Å². The number of halogens is 3. The van der Waals surface area contributed by atoms with Gasteiger partial charge in [0.05, 0.1) is 0 Å². The summed E-state index contributed by atoms with van der Waals surface area (Å²) >= 11 is 0. The Balaban J connectivity index is 1.90. The molecule has 0 atom stereocenters. The van der Waals surface area contributed by atoms with Crippen molar-refractivity contribution in [2.45, 2.75) is 12.6 Å². The molecule has 8 heteroatoms. The number of aromatic nitrogens is 2. The van der Waals surface area contributed by atoms with Gasteiger partial charge in [-0.25, -0.2) is 0 Å². The maximum Gasteiger partial charge on any atom is 0.435 e. The third-order valence-corrected chi connectivity index (χ3v) is 3.32. The monoisotopic (exact) mass is 289 g/mol. The molecule has 0 aromatic carbocycles. The molecule has 20 heavy (non-hydrogen) atoms. The summed E-state index contributed by atoms with van der Waals surface area (Å²) in [6.45, 7) is 4.84. The molecule has 1 aromatic heterocycles. The summed E-state index contributed by atoms with van der Waals surface area (Å²) < 4.78 is 37.2. The van der Waals surface area contributed by atoms with E-state index < -0.39 is 11.9 Å². The van der Waals surface area contributed by atoms with Gasteiger partial charge in [0.25, 0.3) is 0 Å². The minimum absolute atomic E-state index is 0.497. The lowest BCUT2D eigenvalue weighted by Gasteiger charge is -2.35. The summed E-state index contributed by atoms with van der Waals surface area (Å²) in [4.78, 5) is 4.24. The zero-order valence-corrected chi connectivity index (χ0v) is 11.1. The summed E-state index contributed by atoms with van der Waals surface area (Å²) in [6, 6.07) is 2.36. The molecule has 0 aliphatic carbocycles. The lowest BCUT2D eigenvalue weighted by atomic mass is 10.2. The Kier molecular flexibility index (Phi) is 4.77. The minimum atomic E-state index is -4.44. The Morgan fingerprint density at radius 3 is 2.30 bits per heavy atom. The number of hydrogen-bond donors (Lipinski definition) is 1. The van der Waals surface area contributed by atoms with E-state index in [1.54, 1.807) is 0 Å². The highest BCUT2D eigenvalue weighted by molar-refractivity contribution is 5.38. The molecule has 2 rings (SSSR count). The molecule has 1 aliphatic heterocycles. The average Bonchev–Trinajstić information content (AvgIpc) is 2.45. The normalized spacial score (nSPS) is 17.5. The third-order valence-electron chi connectivity index (χ3n) is 3.32. The molecule has 0 unspecified atom stereocenters. The van der Waals surface area contributed by atoms with E-state index in [0.717, 1.165) is 45.2 Å². The molecule has 2 N–H and O–H groups in total. The van der Waals surface area contributed by atoms with Crippen LogP contribution in [0.25, 0.3) is 0 Å². The first-order valence-corrected chi connectivity index (χ1v) is 6.59. The molecule has 0 saturated carbocycles. The quantitative estimate of drug-likeness (QED) is 0.895. The van der Waals surface area contributed by atoms with Crippen molar-refractivity contribution in [3.05, 3.63) is 17.8 Å². The van der Waals surface area contributed by atoms with E-state index in [0.29, 0.717) is 12.4 Å². The second-order valence-electron chi connectivity index (χ2n) is 4.75. The van der Waals surface area contributed by atoms with Crippen molar-refractivity contribution in [3.63, 3.8) is 0 Å². The Morgan fingerprint density at radius 1 is 1.10 bits per heavy atom. The topological polar surface area (TPSA) is 58.3 Å². The predicted molar refractivity (Wildman–Crippen MR) is 69.4 cm³/mol. The predicted octanol–water partition coefficient (Wildman–Crippen LogP) is 0.966. The molecule has 2 heterocycles. The van der Waals surface area contributed by atoms with Crippen molar-refractivity contribution < 1.29 is 13.2 Å². The van der Waals surface area contributed by atoms with E-state index in [4.69, 9.17) is 5.73 Å². The summed E-state index contributed by atoms with van der Waals surface area (Å²) in [6.07, 6.45) is -3.48. The van der Waals surface area contributed by atoms with Gasteiger partial charge >= 0.3 is 6.18 Å². The summed E-state index contributed by atoms with van der Waals surface area (Å²) in [7, 11) is 0. The molecule has 1 fully saturated rings. The van der Waals surface area contributed by atoms with Crippen LogP contribution >= 0.6 is 0 Å². The Labute approximate surface area is 115 Å². The Morgan fingerprint density at radius 2 is 1.80 bits per heavy atom. The Bertz CT molecular complexity index is 412. The zero-order valence-electron chi connectivity index (χ0n) is 11.1. The van der Waals surface area contributed by atoms with Crippen LogP contribution in [-0.4, -0.2) is 54.4 Å². The minimum Gasteiger partial charge on any atom is -0.353 e. The molecule has 1 aromatic rings. The number of piperazine rings is 1. The van der Waals surface area contributed by atoms with E-state index in [1.807, 2.05) is 4.90 Å². The second-order valence-corrected chi connectivity index (χ2v) is 4.75. The highest BCUT2D eigenvalue weighted by Gasteiger charge is 2.33. The number of alkyl halides is 3. The van der Waals surface area contributed by atoms with Crippen LogP contribution in [0.5, 0.6) is 0 Å². The molecule has 1 saturated heterocycles. The maximum absolute atomic E-state index is 12.4. The van der Waals surface area contributed by atoms with E-state index in [1.165, 1.54) is 6.07 Å². The SMILES string of the molecule is NCCCN1CCN(c2ccc(C(F)(F)F)nn2)CC1. The third kappa shape index (κ3) is 3.80. The molecule has 0 spiro atoms. The van der Waals surface area contributed by atoms with Crippen LogP contribution in [0.1, 0.15) is 12.1 Å². The zero-order chi connectivity index (χ0) is 14.6. The standard InChI is InChI=1S/C12H18F3N5/c13-12(14,15)10-2-3-11(18-17-10)20-8-6-19(7-9-20)5-1-4-16/h2-3H,1,4-9,16H2. The lowest BCUT2D eigenvalue weighted by Crippen LogP contribution is -2.47. The van der Waals surface area contributed by atoms with Crippen LogP contribution in [-0.2, 0) is 6.18 Å². The molecular formula is C12H18F3N5. The number of hydrogen-bond acceptors (Lipinski definition) is 5. The molecule has 0 radical (unpaired) electrons. The smallest absolute Gasteiger partial charge is 0.353 e. The van der Waals surface area contributed by atoms with Gasteiger partial charge in [0.1, 0.15) is 0 Å². The van der Waals surface area contributed by atoms with Crippen molar-refractivity contribution in [1.82, 2.24) is 15.1 Å². The van der Waals surface area contributed by atoms with Crippen LogP contribution < -0.4 is 10.6 Å². The first kappa shape index (κ1) is 15.0. The van der Waals surface area contributed by atoms with Gasteiger partial charge in [0.15, 0.2) is 11.5 Å². The molecule has 5 nitrogen and oxygen atoms in total. The van der Waals surface area contributed by atoms with Gasteiger partial charge in [0, 0.05) is 26.2 Å². The fourth-order valence-corrected chi connectivity index (χ4v) is 2.16. The van der Waals surface area contributed by atoms with Gasteiger partial charge in [0.2, 0.25) is 0 Å². The molecule has 112 valence electrons. The van der Waals surface area contributed by atoms with Crippen LogP contribution in [0.3, 0.4) is 0 Å². The molecular weight excluding hydrogens is 271 g/mol. The first-order chi connectivity index (χ1) is 9.50. The van der Waals surface area contributed by atoms with Crippen LogP contribution in [0.4, 0.5) is 19.0 Å². The highest BCUT2D eigenvalue weighted by atomic mass is 19.4. The van der Waals surface area contributed by atoms with Crippen molar-refractivity contribution in [1.29, 1.82) is 0 Å². The van der Waals surface area contributed by atoms with Crippen LogP contribution in [0, 0.1) is 0 Å². The summed E-state index contributed by atoms with van der Waals surface area (Å²) in [5.74, 6) is 0.497. The van der Waals surface area contributed by atoms with E-state index in [9.17, 15) is 13.2 Å². The van der Waals surface area contributed by atoms with Gasteiger partial charge in [-0.2, -0.15) is 13.2 Å².